The summed E-state index contributed by atoms with van der Waals surface area (Å²) in [6.45, 7) is 0.279. The molecule has 0 saturated carbocycles. The lowest BCUT2D eigenvalue weighted by molar-refractivity contribution is 0.177. The minimum Gasteiger partial charge on any atom is -0.447 e. The Hall–Kier alpha value is -2.87. The van der Waals surface area contributed by atoms with Crippen molar-refractivity contribution in [3.05, 3.63) is 65.2 Å². The summed E-state index contributed by atoms with van der Waals surface area (Å²) in [7, 11) is 0. The molecule has 1 unspecified atom stereocenters. The molecule has 1 saturated heterocycles. The molecule has 1 N–H and O–H groups in total. The zero-order valence-electron chi connectivity index (χ0n) is 11.0. The maximum absolute atomic E-state index is 13.1. The van der Waals surface area contributed by atoms with Crippen LogP contribution in [-0.4, -0.2) is 17.7 Å². The van der Waals surface area contributed by atoms with Crippen LogP contribution in [0.2, 0.25) is 0 Å². The van der Waals surface area contributed by atoms with Gasteiger partial charge in [-0.2, -0.15) is 0 Å². The lowest BCUT2D eigenvalue weighted by Gasteiger charge is -2.06. The maximum Gasteiger partial charge on any atom is 0.407 e. The van der Waals surface area contributed by atoms with Gasteiger partial charge in [0, 0.05) is 23.5 Å². The number of carbonyl (C=O) groups excluding carboxylic acids is 1. The third kappa shape index (κ3) is 3.18. The molecule has 2 aromatic rings. The zero-order valence-corrected chi connectivity index (χ0v) is 11.0. The van der Waals surface area contributed by atoms with E-state index in [1.807, 2.05) is 6.07 Å². The Morgan fingerprint density at radius 3 is 2.86 bits per heavy atom. The molecule has 3 rings (SSSR count). The molecular formula is C16H11FN2O2. The van der Waals surface area contributed by atoms with Gasteiger partial charge in [-0.05, 0) is 29.8 Å². The fraction of sp³-hybridized carbons (Fsp3) is 0.125. The van der Waals surface area contributed by atoms with Crippen LogP contribution >= 0.6 is 0 Å². The van der Waals surface area contributed by atoms with Gasteiger partial charge in [0.2, 0.25) is 0 Å². The van der Waals surface area contributed by atoms with E-state index in [1.54, 1.807) is 24.5 Å². The number of aromatic nitrogens is 1. The standard InChI is InChI=1S/C16H11FN2O2/c17-14-3-1-2-11(7-14)4-5-12-6-13(9-18-8-12)15-10-21-16(20)19-15/h1-3,6-9,15H,10H2,(H,19,20). The largest absolute Gasteiger partial charge is 0.447 e. The quantitative estimate of drug-likeness (QED) is 0.817. The third-order valence-electron chi connectivity index (χ3n) is 3.01. The normalized spacial score (nSPS) is 16.6. The lowest BCUT2D eigenvalue weighted by Crippen LogP contribution is -2.18. The number of benzene rings is 1. The second-order valence-corrected chi connectivity index (χ2v) is 4.56. The van der Waals surface area contributed by atoms with Crippen molar-refractivity contribution < 1.29 is 13.9 Å². The third-order valence-corrected chi connectivity index (χ3v) is 3.01. The summed E-state index contributed by atoms with van der Waals surface area (Å²) in [5.41, 5.74) is 2.11. The monoisotopic (exact) mass is 282 g/mol. The summed E-state index contributed by atoms with van der Waals surface area (Å²) >= 11 is 0. The van der Waals surface area contributed by atoms with Gasteiger partial charge in [-0.25, -0.2) is 9.18 Å². The van der Waals surface area contributed by atoms with Crippen LogP contribution in [0.3, 0.4) is 0 Å². The average Bonchev–Trinajstić information content (AvgIpc) is 2.92. The molecule has 1 aromatic heterocycles. The van der Waals surface area contributed by atoms with Crippen LogP contribution in [0.5, 0.6) is 0 Å². The summed E-state index contributed by atoms with van der Waals surface area (Å²) in [5, 5.41) is 2.68. The molecule has 0 bridgehead atoms. The average molecular weight is 282 g/mol. The number of nitrogens with one attached hydrogen (secondary N) is 1. The Bertz CT molecular complexity index is 749. The van der Waals surface area contributed by atoms with Crippen LogP contribution in [-0.2, 0) is 4.74 Å². The van der Waals surface area contributed by atoms with Crippen molar-refractivity contribution in [1.82, 2.24) is 10.3 Å². The van der Waals surface area contributed by atoms with Gasteiger partial charge in [0.05, 0.1) is 6.04 Å². The van der Waals surface area contributed by atoms with Crippen molar-refractivity contribution in [2.75, 3.05) is 6.61 Å². The van der Waals surface area contributed by atoms with Gasteiger partial charge in [-0.15, -0.1) is 0 Å². The smallest absolute Gasteiger partial charge is 0.407 e. The summed E-state index contributed by atoms with van der Waals surface area (Å²) in [6, 6.07) is 7.71. The van der Waals surface area contributed by atoms with E-state index in [1.165, 1.54) is 12.1 Å². The highest BCUT2D eigenvalue weighted by atomic mass is 19.1. The fourth-order valence-corrected chi connectivity index (χ4v) is 1.99. The molecule has 1 amide bonds. The molecule has 0 spiro atoms. The molecule has 1 aliphatic rings. The van der Waals surface area contributed by atoms with E-state index >= 15 is 0 Å². The fourth-order valence-electron chi connectivity index (χ4n) is 1.99. The zero-order chi connectivity index (χ0) is 14.7. The molecule has 2 heterocycles. The Labute approximate surface area is 121 Å². The summed E-state index contributed by atoms with van der Waals surface area (Å²) in [4.78, 5) is 15.1. The molecular weight excluding hydrogens is 271 g/mol. The van der Waals surface area contributed by atoms with Crippen LogP contribution in [0.25, 0.3) is 0 Å². The first-order valence-corrected chi connectivity index (χ1v) is 6.36. The van der Waals surface area contributed by atoms with E-state index in [-0.39, 0.29) is 18.5 Å². The number of cyclic esters (lactones) is 1. The molecule has 21 heavy (non-hydrogen) atoms. The number of carbonyl (C=O) groups is 1. The highest BCUT2D eigenvalue weighted by Gasteiger charge is 2.23. The molecule has 1 atom stereocenters. The van der Waals surface area contributed by atoms with E-state index in [0.717, 1.165) is 5.56 Å². The van der Waals surface area contributed by atoms with Crippen LogP contribution < -0.4 is 5.32 Å². The molecule has 0 aliphatic carbocycles. The van der Waals surface area contributed by atoms with Crippen molar-refractivity contribution in [3.63, 3.8) is 0 Å². The van der Waals surface area contributed by atoms with Gasteiger partial charge in [0.15, 0.2) is 0 Å². The number of nitrogens with zero attached hydrogens (tertiary/aromatic N) is 1. The number of alkyl carbamates (subject to hydrolysis) is 1. The van der Waals surface area contributed by atoms with Gasteiger partial charge in [0.25, 0.3) is 0 Å². The van der Waals surface area contributed by atoms with Gasteiger partial charge in [-0.3, -0.25) is 4.98 Å². The van der Waals surface area contributed by atoms with Crippen LogP contribution in [0.4, 0.5) is 9.18 Å². The van der Waals surface area contributed by atoms with E-state index < -0.39 is 6.09 Å². The molecule has 5 heteroatoms. The van der Waals surface area contributed by atoms with Gasteiger partial charge in [0.1, 0.15) is 12.4 Å². The second kappa shape index (κ2) is 5.63. The first-order chi connectivity index (χ1) is 10.2. The number of rotatable bonds is 1. The van der Waals surface area contributed by atoms with Crippen molar-refractivity contribution in [1.29, 1.82) is 0 Å². The number of pyridine rings is 1. The first kappa shape index (κ1) is 13.1. The Morgan fingerprint density at radius 2 is 2.10 bits per heavy atom. The minimum atomic E-state index is -0.434. The van der Waals surface area contributed by atoms with E-state index in [0.29, 0.717) is 11.1 Å². The summed E-state index contributed by atoms with van der Waals surface area (Å²) in [6.07, 6.45) is 2.84. The highest BCUT2D eigenvalue weighted by Crippen LogP contribution is 2.17. The van der Waals surface area contributed by atoms with Crippen molar-refractivity contribution in [3.8, 4) is 11.8 Å². The topological polar surface area (TPSA) is 51.2 Å². The number of hydrogen-bond donors (Lipinski definition) is 1. The number of amides is 1. The first-order valence-electron chi connectivity index (χ1n) is 6.36. The summed E-state index contributed by atoms with van der Waals surface area (Å²) in [5.74, 6) is 5.49. The van der Waals surface area contributed by atoms with Crippen molar-refractivity contribution >= 4 is 6.09 Å². The van der Waals surface area contributed by atoms with Crippen LogP contribution in [0, 0.1) is 17.7 Å². The Morgan fingerprint density at radius 1 is 1.24 bits per heavy atom. The van der Waals surface area contributed by atoms with Crippen LogP contribution in [0.15, 0.2) is 42.7 Å². The molecule has 104 valence electrons. The minimum absolute atomic E-state index is 0.207. The van der Waals surface area contributed by atoms with Gasteiger partial charge in [-0.1, -0.05) is 17.9 Å². The Balaban J connectivity index is 1.82. The number of halogens is 1. The maximum atomic E-state index is 13.1. The number of ether oxygens (including phenoxy) is 1. The summed E-state index contributed by atoms with van der Waals surface area (Å²) < 4.78 is 17.9. The lowest BCUT2D eigenvalue weighted by atomic mass is 10.1. The molecule has 4 nitrogen and oxygen atoms in total. The van der Waals surface area contributed by atoms with Gasteiger partial charge >= 0.3 is 6.09 Å². The number of hydrogen-bond acceptors (Lipinski definition) is 3. The van der Waals surface area contributed by atoms with E-state index in [2.05, 4.69) is 22.1 Å². The van der Waals surface area contributed by atoms with Gasteiger partial charge < -0.3 is 10.1 Å². The molecule has 1 aromatic carbocycles. The van der Waals surface area contributed by atoms with Crippen molar-refractivity contribution in [2.24, 2.45) is 0 Å². The predicted molar refractivity (Wildman–Crippen MR) is 73.8 cm³/mol. The molecule has 0 radical (unpaired) electrons. The highest BCUT2D eigenvalue weighted by molar-refractivity contribution is 5.70. The Kier molecular flexibility index (Phi) is 3.52. The molecule has 1 aliphatic heterocycles. The van der Waals surface area contributed by atoms with E-state index in [9.17, 15) is 9.18 Å². The molecule has 1 fully saturated rings. The van der Waals surface area contributed by atoms with Crippen LogP contribution in [0.1, 0.15) is 22.7 Å². The SMILES string of the molecule is O=C1NC(c2cncc(C#Cc3cccc(F)c3)c2)CO1. The second-order valence-electron chi connectivity index (χ2n) is 4.56. The van der Waals surface area contributed by atoms with E-state index in [4.69, 9.17) is 4.74 Å². The predicted octanol–water partition coefficient (Wildman–Crippen LogP) is 2.40. The van der Waals surface area contributed by atoms with Crippen molar-refractivity contribution in [2.45, 2.75) is 6.04 Å².